The Morgan fingerprint density at radius 2 is 1.89 bits per heavy atom. The van der Waals surface area contributed by atoms with E-state index in [0.717, 1.165) is 17.0 Å². The Morgan fingerprint density at radius 3 is 2.59 bits per heavy atom. The number of aryl methyl sites for hydroxylation is 1. The number of aromatic amines is 1. The number of para-hydroxylation sites is 1. The maximum absolute atomic E-state index is 12.1. The van der Waals surface area contributed by atoms with Gasteiger partial charge in [-0.2, -0.15) is 10.1 Å². The van der Waals surface area contributed by atoms with E-state index in [9.17, 15) is 4.79 Å². The Morgan fingerprint density at radius 1 is 1.11 bits per heavy atom. The summed E-state index contributed by atoms with van der Waals surface area (Å²) in [5, 5.41) is 12.6. The van der Waals surface area contributed by atoms with E-state index in [1.807, 2.05) is 67.6 Å². The van der Waals surface area contributed by atoms with Gasteiger partial charge in [-0.1, -0.05) is 30.3 Å². The van der Waals surface area contributed by atoms with E-state index < -0.39 is 6.23 Å². The van der Waals surface area contributed by atoms with Gasteiger partial charge >= 0.3 is 0 Å². The largest absolute Gasteiger partial charge is 0.457 e. The van der Waals surface area contributed by atoms with Gasteiger partial charge in [-0.15, -0.1) is 5.10 Å². The minimum absolute atomic E-state index is 0.225. The van der Waals surface area contributed by atoms with Crippen LogP contribution in [0.2, 0.25) is 0 Å². The van der Waals surface area contributed by atoms with Crippen LogP contribution >= 0.6 is 0 Å². The molecule has 3 aromatic rings. The molecule has 0 fully saturated rings. The highest BCUT2D eigenvalue weighted by Gasteiger charge is 2.34. The van der Waals surface area contributed by atoms with Crippen LogP contribution in [-0.4, -0.2) is 27.0 Å². The van der Waals surface area contributed by atoms with E-state index in [1.165, 1.54) is 11.9 Å². The zero-order valence-corrected chi connectivity index (χ0v) is 14.9. The Kier molecular flexibility index (Phi) is 4.33. The van der Waals surface area contributed by atoms with Crippen molar-refractivity contribution in [1.29, 1.82) is 0 Å². The molecule has 7 heteroatoms. The molecule has 1 aliphatic rings. The van der Waals surface area contributed by atoms with Crippen LogP contribution in [0, 0.1) is 6.92 Å². The van der Waals surface area contributed by atoms with Gasteiger partial charge in [0.05, 0.1) is 0 Å². The summed E-state index contributed by atoms with van der Waals surface area (Å²) >= 11 is 0. The Bertz CT molecular complexity index is 997. The summed E-state index contributed by atoms with van der Waals surface area (Å²) in [6.45, 7) is 3.33. The summed E-state index contributed by atoms with van der Waals surface area (Å²) < 4.78 is 11.8. The second-order valence-electron chi connectivity index (χ2n) is 6.16. The Labute approximate surface area is 156 Å². The first-order chi connectivity index (χ1) is 13.1. The third-order valence-electron chi connectivity index (χ3n) is 4.01. The van der Waals surface area contributed by atoms with Crippen molar-refractivity contribution in [1.82, 2.24) is 15.2 Å². The minimum atomic E-state index is -0.672. The SMILES string of the molecule is CC(=O)N1N=C(c2cc(C)[nH]n2)O[C@@H]1c1cccc(Oc2ccccc2)c1. The maximum atomic E-state index is 12.1. The molecule has 0 bridgehead atoms. The lowest BCUT2D eigenvalue weighted by molar-refractivity contribution is -0.135. The van der Waals surface area contributed by atoms with Gasteiger partial charge < -0.3 is 9.47 Å². The molecule has 0 aliphatic carbocycles. The maximum Gasteiger partial charge on any atom is 0.261 e. The van der Waals surface area contributed by atoms with E-state index in [4.69, 9.17) is 9.47 Å². The monoisotopic (exact) mass is 362 g/mol. The smallest absolute Gasteiger partial charge is 0.261 e. The highest BCUT2D eigenvalue weighted by molar-refractivity contribution is 5.94. The van der Waals surface area contributed by atoms with Crippen molar-refractivity contribution in [3.8, 4) is 11.5 Å². The molecule has 0 saturated carbocycles. The van der Waals surface area contributed by atoms with Crippen LogP contribution in [0.1, 0.15) is 30.1 Å². The molecule has 2 heterocycles. The molecule has 7 nitrogen and oxygen atoms in total. The first-order valence-electron chi connectivity index (χ1n) is 8.50. The van der Waals surface area contributed by atoms with Crippen LogP contribution in [0.5, 0.6) is 11.5 Å². The van der Waals surface area contributed by atoms with Gasteiger partial charge in [0.25, 0.3) is 5.90 Å². The van der Waals surface area contributed by atoms with Gasteiger partial charge in [0.15, 0.2) is 0 Å². The van der Waals surface area contributed by atoms with Crippen LogP contribution in [0.4, 0.5) is 0 Å². The average Bonchev–Trinajstić information content (AvgIpc) is 3.29. The van der Waals surface area contributed by atoms with Crippen molar-refractivity contribution < 1.29 is 14.3 Å². The van der Waals surface area contributed by atoms with Gasteiger partial charge in [-0.3, -0.25) is 9.89 Å². The van der Waals surface area contributed by atoms with Crippen molar-refractivity contribution in [2.45, 2.75) is 20.1 Å². The fourth-order valence-electron chi connectivity index (χ4n) is 2.77. The number of nitrogens with zero attached hydrogens (tertiary/aromatic N) is 3. The molecule has 27 heavy (non-hydrogen) atoms. The highest BCUT2D eigenvalue weighted by atomic mass is 16.5. The van der Waals surface area contributed by atoms with Gasteiger partial charge in [-0.05, 0) is 37.3 Å². The minimum Gasteiger partial charge on any atom is -0.457 e. The second-order valence-corrected chi connectivity index (χ2v) is 6.16. The van der Waals surface area contributed by atoms with E-state index in [0.29, 0.717) is 17.3 Å². The number of amides is 1. The number of aromatic nitrogens is 2. The van der Waals surface area contributed by atoms with Gasteiger partial charge in [0, 0.05) is 18.2 Å². The number of carbonyl (C=O) groups is 1. The van der Waals surface area contributed by atoms with E-state index in [1.54, 1.807) is 0 Å². The molecular formula is C20H18N4O3. The van der Waals surface area contributed by atoms with Crippen LogP contribution in [0.15, 0.2) is 65.8 Å². The predicted molar refractivity (Wildman–Crippen MR) is 99.2 cm³/mol. The van der Waals surface area contributed by atoms with E-state index in [2.05, 4.69) is 15.3 Å². The molecule has 1 aromatic heterocycles. The first-order valence-corrected chi connectivity index (χ1v) is 8.50. The van der Waals surface area contributed by atoms with Crippen LogP contribution in [0.3, 0.4) is 0 Å². The number of hydrazone groups is 1. The molecule has 1 atom stereocenters. The zero-order valence-electron chi connectivity index (χ0n) is 14.9. The Hall–Kier alpha value is -3.61. The summed E-state index contributed by atoms with van der Waals surface area (Å²) in [5.74, 6) is 1.45. The molecule has 4 rings (SSSR count). The summed E-state index contributed by atoms with van der Waals surface area (Å²) in [6.07, 6.45) is -0.672. The van der Waals surface area contributed by atoms with Crippen molar-refractivity contribution >= 4 is 11.8 Å². The number of rotatable bonds is 4. The molecule has 0 radical (unpaired) electrons. The predicted octanol–water partition coefficient (Wildman–Crippen LogP) is 3.75. The second kappa shape index (κ2) is 6.95. The third kappa shape index (κ3) is 3.52. The molecule has 2 aromatic carbocycles. The summed E-state index contributed by atoms with van der Waals surface area (Å²) in [7, 11) is 0. The number of nitrogens with one attached hydrogen (secondary N) is 1. The van der Waals surface area contributed by atoms with Crippen LogP contribution < -0.4 is 4.74 Å². The average molecular weight is 362 g/mol. The molecule has 1 N–H and O–H groups in total. The van der Waals surface area contributed by atoms with E-state index in [-0.39, 0.29) is 5.91 Å². The molecule has 0 saturated heterocycles. The third-order valence-corrected chi connectivity index (χ3v) is 4.01. The van der Waals surface area contributed by atoms with Crippen LogP contribution in [-0.2, 0) is 9.53 Å². The highest BCUT2D eigenvalue weighted by Crippen LogP contribution is 2.32. The molecule has 1 aliphatic heterocycles. The van der Waals surface area contributed by atoms with E-state index >= 15 is 0 Å². The topological polar surface area (TPSA) is 79.8 Å². The molecular weight excluding hydrogens is 344 g/mol. The molecule has 136 valence electrons. The van der Waals surface area contributed by atoms with Gasteiger partial charge in [0.2, 0.25) is 12.1 Å². The fourth-order valence-corrected chi connectivity index (χ4v) is 2.77. The molecule has 0 unspecified atom stereocenters. The normalized spacial score (nSPS) is 16.0. The lowest BCUT2D eigenvalue weighted by atomic mass is 10.2. The summed E-state index contributed by atoms with van der Waals surface area (Å²) in [4.78, 5) is 12.1. The number of ether oxygens (including phenoxy) is 2. The number of hydrogen-bond donors (Lipinski definition) is 1. The quantitative estimate of drug-likeness (QED) is 0.766. The van der Waals surface area contributed by atoms with Crippen molar-refractivity contribution in [2.75, 3.05) is 0 Å². The zero-order chi connectivity index (χ0) is 18.8. The lowest BCUT2D eigenvalue weighted by Gasteiger charge is -2.19. The number of hydrogen-bond acceptors (Lipinski definition) is 5. The summed E-state index contributed by atoms with van der Waals surface area (Å²) in [5.41, 5.74) is 2.19. The van der Waals surface area contributed by atoms with Gasteiger partial charge in [-0.25, -0.2) is 0 Å². The number of H-pyrrole nitrogens is 1. The molecule has 0 spiro atoms. The van der Waals surface area contributed by atoms with Crippen molar-refractivity contribution in [3.05, 3.63) is 77.6 Å². The summed E-state index contributed by atoms with van der Waals surface area (Å²) in [6, 6.07) is 18.7. The fraction of sp³-hybridized carbons (Fsp3) is 0.150. The van der Waals surface area contributed by atoms with Crippen molar-refractivity contribution in [3.63, 3.8) is 0 Å². The first kappa shape index (κ1) is 16.8. The number of benzene rings is 2. The van der Waals surface area contributed by atoms with Crippen molar-refractivity contribution in [2.24, 2.45) is 5.10 Å². The Balaban J connectivity index is 1.60. The molecule has 1 amide bonds. The van der Waals surface area contributed by atoms with Crippen LogP contribution in [0.25, 0.3) is 0 Å². The number of carbonyl (C=O) groups excluding carboxylic acids is 1. The lowest BCUT2D eigenvalue weighted by Crippen LogP contribution is -2.25. The standard InChI is InChI=1S/C20H18N4O3/c1-13-11-18(22-21-13)19-23-24(14(2)25)20(27-19)15-7-6-10-17(12-15)26-16-8-4-3-5-9-16/h3-12,20H,1-2H3,(H,21,22)/t20-/m1/s1. The van der Waals surface area contributed by atoms with Gasteiger partial charge in [0.1, 0.15) is 17.2 Å².